The minimum atomic E-state index is -0.241. The first-order valence-corrected chi connectivity index (χ1v) is 6.20. The van der Waals surface area contributed by atoms with Gasteiger partial charge in [-0.3, -0.25) is 0 Å². The van der Waals surface area contributed by atoms with Gasteiger partial charge in [0.2, 0.25) is 0 Å². The van der Waals surface area contributed by atoms with Gasteiger partial charge in [0.15, 0.2) is 0 Å². The van der Waals surface area contributed by atoms with Crippen LogP contribution in [0.15, 0.2) is 53.0 Å². The predicted molar refractivity (Wildman–Crippen MR) is 71.2 cm³/mol. The molecule has 0 aliphatic heterocycles. The second kappa shape index (κ2) is 5.43. The van der Waals surface area contributed by atoms with Crippen molar-refractivity contribution in [2.75, 3.05) is 0 Å². The van der Waals surface area contributed by atoms with Crippen LogP contribution in [0.25, 0.3) is 0 Å². The number of hydrogen-bond acceptors (Lipinski definition) is 1. The highest BCUT2D eigenvalue weighted by Gasteiger charge is 2.08. The second-order valence-electron chi connectivity index (χ2n) is 4.00. The Morgan fingerprint density at radius 1 is 1.12 bits per heavy atom. The maximum absolute atomic E-state index is 13.2. The maximum atomic E-state index is 13.2. The Hall–Kier alpha value is -1.19. The molecule has 0 saturated carbocycles. The molecule has 17 heavy (non-hydrogen) atoms. The summed E-state index contributed by atoms with van der Waals surface area (Å²) in [6.07, 6.45) is 0.625. The third-order valence-electron chi connectivity index (χ3n) is 2.61. The highest BCUT2D eigenvalue weighted by atomic mass is 79.9. The fraction of sp³-hybridized carbons (Fsp3) is 0.143. The van der Waals surface area contributed by atoms with Crippen molar-refractivity contribution in [1.29, 1.82) is 0 Å². The summed E-state index contributed by atoms with van der Waals surface area (Å²) in [6, 6.07) is 14.6. The zero-order chi connectivity index (χ0) is 12.3. The molecule has 0 bridgehead atoms. The molecule has 0 saturated heterocycles. The van der Waals surface area contributed by atoms with E-state index < -0.39 is 0 Å². The minimum absolute atomic E-state index is 0.107. The van der Waals surface area contributed by atoms with Crippen LogP contribution in [0.4, 0.5) is 4.39 Å². The van der Waals surface area contributed by atoms with Gasteiger partial charge in [0.25, 0.3) is 0 Å². The Labute approximate surface area is 109 Å². The minimum Gasteiger partial charge on any atom is -0.324 e. The van der Waals surface area contributed by atoms with E-state index >= 15 is 0 Å². The fourth-order valence-corrected chi connectivity index (χ4v) is 2.31. The molecule has 2 aromatic carbocycles. The Morgan fingerprint density at radius 3 is 2.47 bits per heavy atom. The van der Waals surface area contributed by atoms with Gasteiger partial charge in [-0.25, -0.2) is 4.39 Å². The van der Waals surface area contributed by atoms with Crippen molar-refractivity contribution < 1.29 is 4.39 Å². The van der Waals surface area contributed by atoms with E-state index in [4.69, 9.17) is 5.73 Å². The Balaban J connectivity index is 2.16. The lowest BCUT2D eigenvalue weighted by molar-refractivity contribution is 0.621. The van der Waals surface area contributed by atoms with Crippen LogP contribution >= 0.6 is 15.9 Å². The summed E-state index contributed by atoms with van der Waals surface area (Å²) in [4.78, 5) is 0. The first-order chi connectivity index (χ1) is 8.15. The Kier molecular flexibility index (Phi) is 3.92. The molecule has 2 rings (SSSR count). The van der Waals surface area contributed by atoms with Crippen LogP contribution in [0.2, 0.25) is 0 Å². The maximum Gasteiger partial charge on any atom is 0.124 e. The summed E-state index contributed by atoms with van der Waals surface area (Å²) in [6.45, 7) is 0. The topological polar surface area (TPSA) is 26.0 Å². The van der Waals surface area contributed by atoms with Crippen LogP contribution in [0.3, 0.4) is 0 Å². The number of halogens is 2. The summed E-state index contributed by atoms with van der Waals surface area (Å²) in [5.74, 6) is -0.241. The van der Waals surface area contributed by atoms with Gasteiger partial charge >= 0.3 is 0 Å². The zero-order valence-corrected chi connectivity index (χ0v) is 10.8. The molecular formula is C14H13BrFN. The van der Waals surface area contributed by atoms with E-state index in [9.17, 15) is 4.39 Å². The number of hydrogen-bond donors (Lipinski definition) is 1. The quantitative estimate of drug-likeness (QED) is 0.914. The van der Waals surface area contributed by atoms with E-state index in [2.05, 4.69) is 15.9 Å². The monoisotopic (exact) mass is 293 g/mol. The highest BCUT2D eigenvalue weighted by molar-refractivity contribution is 9.10. The SMILES string of the molecule is NC(Cc1cc(F)cc(Br)c1)c1ccccc1. The molecule has 2 N–H and O–H groups in total. The standard InChI is InChI=1S/C14H13BrFN/c15-12-6-10(7-13(16)9-12)8-14(17)11-4-2-1-3-5-11/h1-7,9,14H,8,17H2. The van der Waals surface area contributed by atoms with Crippen molar-refractivity contribution in [3.63, 3.8) is 0 Å². The molecule has 0 aromatic heterocycles. The Bertz CT molecular complexity index is 479. The highest BCUT2D eigenvalue weighted by Crippen LogP contribution is 2.20. The van der Waals surface area contributed by atoms with Crippen LogP contribution in [-0.2, 0) is 6.42 Å². The zero-order valence-electron chi connectivity index (χ0n) is 9.24. The van der Waals surface area contributed by atoms with Gasteiger partial charge in [-0.15, -0.1) is 0 Å². The molecule has 0 heterocycles. The van der Waals surface area contributed by atoms with Crippen molar-refractivity contribution in [3.05, 3.63) is 69.9 Å². The van der Waals surface area contributed by atoms with Crippen molar-refractivity contribution >= 4 is 15.9 Å². The molecule has 0 aliphatic carbocycles. The summed E-state index contributed by atoms with van der Waals surface area (Å²) in [5, 5.41) is 0. The van der Waals surface area contributed by atoms with Crippen LogP contribution in [0.5, 0.6) is 0 Å². The van der Waals surface area contributed by atoms with Crippen LogP contribution in [0.1, 0.15) is 17.2 Å². The average Bonchev–Trinajstić information content (AvgIpc) is 2.28. The summed E-state index contributed by atoms with van der Waals surface area (Å²) < 4.78 is 14.0. The first kappa shape index (κ1) is 12.3. The molecule has 3 heteroatoms. The molecule has 88 valence electrons. The van der Waals surface area contributed by atoms with Crippen LogP contribution < -0.4 is 5.73 Å². The van der Waals surface area contributed by atoms with E-state index in [1.54, 1.807) is 0 Å². The van der Waals surface area contributed by atoms with E-state index in [1.807, 2.05) is 36.4 Å². The number of nitrogens with two attached hydrogens (primary N) is 1. The van der Waals surface area contributed by atoms with Gasteiger partial charge in [0, 0.05) is 10.5 Å². The lowest BCUT2D eigenvalue weighted by Crippen LogP contribution is -2.13. The van der Waals surface area contributed by atoms with Gasteiger partial charge in [-0.05, 0) is 35.7 Å². The fourth-order valence-electron chi connectivity index (χ4n) is 1.80. The van der Waals surface area contributed by atoms with Crippen molar-refractivity contribution in [2.24, 2.45) is 5.73 Å². The molecule has 0 spiro atoms. The van der Waals surface area contributed by atoms with Gasteiger partial charge < -0.3 is 5.73 Å². The first-order valence-electron chi connectivity index (χ1n) is 5.40. The second-order valence-corrected chi connectivity index (χ2v) is 4.91. The third-order valence-corrected chi connectivity index (χ3v) is 3.06. The van der Waals surface area contributed by atoms with Gasteiger partial charge in [-0.2, -0.15) is 0 Å². The molecule has 0 amide bonds. The molecule has 0 aliphatic rings. The lowest BCUT2D eigenvalue weighted by atomic mass is 10.00. The number of rotatable bonds is 3. The largest absolute Gasteiger partial charge is 0.324 e. The summed E-state index contributed by atoms with van der Waals surface area (Å²) >= 11 is 3.28. The van der Waals surface area contributed by atoms with Gasteiger partial charge in [0.1, 0.15) is 5.82 Å². The smallest absolute Gasteiger partial charge is 0.124 e. The normalized spacial score (nSPS) is 12.4. The van der Waals surface area contributed by atoms with E-state index in [0.717, 1.165) is 15.6 Å². The van der Waals surface area contributed by atoms with Crippen molar-refractivity contribution in [3.8, 4) is 0 Å². The molecule has 1 atom stereocenters. The molecule has 1 nitrogen and oxygen atoms in total. The van der Waals surface area contributed by atoms with Crippen molar-refractivity contribution in [1.82, 2.24) is 0 Å². The molecule has 0 fully saturated rings. The van der Waals surface area contributed by atoms with Crippen molar-refractivity contribution in [2.45, 2.75) is 12.5 Å². The van der Waals surface area contributed by atoms with E-state index in [0.29, 0.717) is 6.42 Å². The predicted octanol–water partition coefficient (Wildman–Crippen LogP) is 3.83. The Morgan fingerprint density at radius 2 is 1.82 bits per heavy atom. The molecule has 1 unspecified atom stereocenters. The summed E-state index contributed by atoms with van der Waals surface area (Å²) in [7, 11) is 0. The molecule has 0 radical (unpaired) electrons. The average molecular weight is 294 g/mol. The van der Waals surface area contributed by atoms with E-state index in [1.165, 1.54) is 12.1 Å². The lowest BCUT2D eigenvalue weighted by Gasteiger charge is -2.12. The summed E-state index contributed by atoms with van der Waals surface area (Å²) in [5.41, 5.74) is 8.05. The van der Waals surface area contributed by atoms with Crippen LogP contribution in [0, 0.1) is 5.82 Å². The van der Waals surface area contributed by atoms with E-state index in [-0.39, 0.29) is 11.9 Å². The molecular weight excluding hydrogens is 281 g/mol. The third kappa shape index (κ3) is 3.38. The van der Waals surface area contributed by atoms with Gasteiger partial charge in [-0.1, -0.05) is 46.3 Å². The van der Waals surface area contributed by atoms with Crippen LogP contribution in [-0.4, -0.2) is 0 Å². The molecule has 2 aromatic rings. The van der Waals surface area contributed by atoms with Gasteiger partial charge in [0.05, 0.1) is 0 Å². The number of benzene rings is 2.